The molecule has 19 heavy (non-hydrogen) atoms. The highest BCUT2D eigenvalue weighted by Crippen LogP contribution is 2.21. The van der Waals surface area contributed by atoms with Crippen LogP contribution in [0.3, 0.4) is 0 Å². The minimum absolute atomic E-state index is 0.168. The summed E-state index contributed by atoms with van der Waals surface area (Å²) in [7, 11) is 1.66. The molecule has 1 N–H and O–H groups in total. The van der Waals surface area contributed by atoms with E-state index >= 15 is 0 Å². The van der Waals surface area contributed by atoms with Crippen LogP contribution < -0.4 is 0 Å². The van der Waals surface area contributed by atoms with Gasteiger partial charge in [-0.2, -0.15) is 0 Å². The van der Waals surface area contributed by atoms with Crippen molar-refractivity contribution in [2.45, 2.75) is 13.0 Å². The Morgan fingerprint density at radius 1 is 1.42 bits per heavy atom. The summed E-state index contributed by atoms with van der Waals surface area (Å²) in [6.45, 7) is 2.64. The number of benzene rings is 1. The molecule has 100 valence electrons. The minimum atomic E-state index is -0.928. The molecule has 0 aliphatic heterocycles. The van der Waals surface area contributed by atoms with Gasteiger partial charge in [0.2, 0.25) is 0 Å². The normalized spacial score (nSPS) is 12.3. The number of nitrogens with zero attached hydrogens (tertiary/aromatic N) is 2. The minimum Gasteiger partial charge on any atom is -0.478 e. The summed E-state index contributed by atoms with van der Waals surface area (Å²) in [4.78, 5) is 15.1. The molecule has 1 heterocycles. The van der Waals surface area contributed by atoms with Crippen molar-refractivity contribution in [2.75, 3.05) is 13.7 Å². The molecule has 1 atom stereocenters. The Hall–Kier alpha value is -2.14. The van der Waals surface area contributed by atoms with E-state index in [-0.39, 0.29) is 11.6 Å². The van der Waals surface area contributed by atoms with Crippen LogP contribution >= 0.6 is 0 Å². The number of methoxy groups -OCH3 is 1. The van der Waals surface area contributed by atoms with Crippen LogP contribution in [0.25, 0.3) is 11.4 Å². The van der Waals surface area contributed by atoms with Crippen LogP contribution in [0.15, 0.2) is 36.7 Å². The van der Waals surface area contributed by atoms with E-state index in [1.54, 1.807) is 37.6 Å². The molecule has 0 unspecified atom stereocenters. The second-order valence-electron chi connectivity index (χ2n) is 4.34. The largest absolute Gasteiger partial charge is 0.478 e. The molecule has 0 aliphatic carbocycles. The first kappa shape index (κ1) is 13.3. The van der Waals surface area contributed by atoms with Gasteiger partial charge in [-0.15, -0.1) is 0 Å². The number of carbonyl (C=O) groups is 1. The molecule has 5 heteroatoms. The molecular formula is C14H16N2O3. The predicted molar refractivity (Wildman–Crippen MR) is 71.2 cm³/mol. The third-order valence-corrected chi connectivity index (χ3v) is 2.94. The fourth-order valence-corrected chi connectivity index (χ4v) is 1.98. The Morgan fingerprint density at radius 2 is 2.11 bits per heavy atom. The third kappa shape index (κ3) is 2.82. The van der Waals surface area contributed by atoms with Crippen molar-refractivity contribution in [3.63, 3.8) is 0 Å². The van der Waals surface area contributed by atoms with E-state index in [9.17, 15) is 4.79 Å². The summed E-state index contributed by atoms with van der Waals surface area (Å²) >= 11 is 0. The number of hydrogen-bond acceptors (Lipinski definition) is 3. The molecule has 0 saturated carbocycles. The van der Waals surface area contributed by atoms with Gasteiger partial charge >= 0.3 is 5.97 Å². The first-order chi connectivity index (χ1) is 9.13. The molecule has 1 aromatic heterocycles. The Morgan fingerprint density at radius 3 is 2.68 bits per heavy atom. The number of rotatable bonds is 5. The lowest BCUT2D eigenvalue weighted by atomic mass is 10.1. The maximum atomic E-state index is 10.8. The zero-order valence-corrected chi connectivity index (χ0v) is 10.9. The summed E-state index contributed by atoms with van der Waals surface area (Å²) in [5, 5.41) is 8.88. The van der Waals surface area contributed by atoms with E-state index < -0.39 is 5.97 Å². The van der Waals surface area contributed by atoms with Gasteiger partial charge in [0.15, 0.2) is 0 Å². The summed E-state index contributed by atoms with van der Waals surface area (Å²) in [6.07, 6.45) is 3.62. The second kappa shape index (κ2) is 5.67. The van der Waals surface area contributed by atoms with E-state index in [0.29, 0.717) is 6.61 Å². The van der Waals surface area contributed by atoms with Crippen LogP contribution in [0.1, 0.15) is 23.3 Å². The van der Waals surface area contributed by atoms with E-state index in [1.165, 1.54) is 0 Å². The third-order valence-electron chi connectivity index (χ3n) is 2.94. The number of aromatic carboxylic acids is 1. The van der Waals surface area contributed by atoms with Crippen LogP contribution in [-0.2, 0) is 4.74 Å². The topological polar surface area (TPSA) is 64.4 Å². The van der Waals surface area contributed by atoms with Crippen molar-refractivity contribution in [1.82, 2.24) is 9.55 Å². The van der Waals surface area contributed by atoms with Crippen molar-refractivity contribution in [2.24, 2.45) is 0 Å². The number of ether oxygens (including phenoxy) is 1. The standard InChI is InChI=1S/C14H16N2O3/c1-10(9-19-2)16-8-7-15-13(16)11-3-5-12(6-4-11)14(17)18/h3-8,10H,9H2,1-2H3,(H,17,18)/t10-/m1/s1. The number of imidazole rings is 1. The van der Waals surface area contributed by atoms with E-state index in [2.05, 4.69) is 4.98 Å². The Bertz CT molecular complexity index is 560. The quantitative estimate of drug-likeness (QED) is 0.896. The van der Waals surface area contributed by atoms with Crippen molar-refractivity contribution in [1.29, 1.82) is 0 Å². The van der Waals surface area contributed by atoms with Gasteiger partial charge in [0, 0.05) is 25.1 Å². The molecule has 0 fully saturated rings. The fraction of sp³-hybridized carbons (Fsp3) is 0.286. The highest BCUT2D eigenvalue weighted by Gasteiger charge is 2.12. The summed E-state index contributed by atoms with van der Waals surface area (Å²) in [5.41, 5.74) is 1.16. The molecule has 0 amide bonds. The number of aromatic nitrogens is 2. The van der Waals surface area contributed by atoms with Gasteiger partial charge in [-0.25, -0.2) is 9.78 Å². The molecule has 0 aliphatic rings. The number of hydrogen-bond donors (Lipinski definition) is 1. The number of carboxylic acid groups (broad SMARTS) is 1. The van der Waals surface area contributed by atoms with Crippen LogP contribution in [-0.4, -0.2) is 34.3 Å². The molecule has 0 spiro atoms. The SMILES string of the molecule is COC[C@@H](C)n1ccnc1-c1ccc(C(=O)O)cc1. The van der Waals surface area contributed by atoms with E-state index in [4.69, 9.17) is 9.84 Å². The van der Waals surface area contributed by atoms with Gasteiger partial charge in [-0.3, -0.25) is 0 Å². The molecule has 0 bridgehead atoms. The summed E-state index contributed by atoms with van der Waals surface area (Å²) in [5.74, 6) is -0.121. The monoisotopic (exact) mass is 260 g/mol. The van der Waals surface area contributed by atoms with Gasteiger partial charge in [-0.05, 0) is 19.1 Å². The van der Waals surface area contributed by atoms with Crippen molar-refractivity contribution in [3.05, 3.63) is 42.2 Å². The second-order valence-corrected chi connectivity index (χ2v) is 4.34. The molecule has 5 nitrogen and oxygen atoms in total. The van der Waals surface area contributed by atoms with Gasteiger partial charge in [0.05, 0.1) is 18.2 Å². The molecule has 0 saturated heterocycles. The van der Waals surface area contributed by atoms with Gasteiger partial charge in [-0.1, -0.05) is 12.1 Å². The molecule has 1 aromatic carbocycles. The Labute approximate surface area is 111 Å². The van der Waals surface area contributed by atoms with Crippen molar-refractivity contribution < 1.29 is 14.6 Å². The first-order valence-corrected chi connectivity index (χ1v) is 5.99. The van der Waals surface area contributed by atoms with E-state index in [0.717, 1.165) is 11.4 Å². The highest BCUT2D eigenvalue weighted by molar-refractivity contribution is 5.88. The maximum Gasteiger partial charge on any atom is 0.335 e. The van der Waals surface area contributed by atoms with Crippen LogP contribution in [0.2, 0.25) is 0 Å². The summed E-state index contributed by atoms with van der Waals surface area (Å²) in [6, 6.07) is 6.86. The van der Waals surface area contributed by atoms with Crippen LogP contribution in [0.5, 0.6) is 0 Å². The van der Waals surface area contributed by atoms with Crippen molar-refractivity contribution >= 4 is 5.97 Å². The first-order valence-electron chi connectivity index (χ1n) is 5.99. The predicted octanol–water partition coefficient (Wildman–Crippen LogP) is 2.46. The number of carboxylic acids is 1. The Balaban J connectivity index is 2.32. The Kier molecular flexibility index (Phi) is 3.97. The van der Waals surface area contributed by atoms with Crippen LogP contribution in [0, 0.1) is 0 Å². The summed E-state index contributed by atoms with van der Waals surface area (Å²) < 4.78 is 7.16. The molecule has 0 radical (unpaired) electrons. The van der Waals surface area contributed by atoms with Gasteiger partial charge in [0.25, 0.3) is 0 Å². The smallest absolute Gasteiger partial charge is 0.335 e. The zero-order chi connectivity index (χ0) is 13.8. The molecule has 2 rings (SSSR count). The lowest BCUT2D eigenvalue weighted by molar-refractivity contribution is 0.0697. The van der Waals surface area contributed by atoms with Gasteiger partial charge < -0.3 is 14.4 Å². The highest BCUT2D eigenvalue weighted by atomic mass is 16.5. The zero-order valence-electron chi connectivity index (χ0n) is 10.9. The molecule has 2 aromatic rings. The van der Waals surface area contributed by atoms with Crippen molar-refractivity contribution in [3.8, 4) is 11.4 Å². The average Bonchev–Trinajstić information content (AvgIpc) is 2.88. The fourth-order valence-electron chi connectivity index (χ4n) is 1.98. The maximum absolute atomic E-state index is 10.8. The van der Waals surface area contributed by atoms with E-state index in [1.807, 2.05) is 17.7 Å². The average molecular weight is 260 g/mol. The van der Waals surface area contributed by atoms with Crippen LogP contribution in [0.4, 0.5) is 0 Å². The lowest BCUT2D eigenvalue weighted by Gasteiger charge is -2.15. The lowest BCUT2D eigenvalue weighted by Crippen LogP contribution is -2.11. The van der Waals surface area contributed by atoms with Gasteiger partial charge in [0.1, 0.15) is 5.82 Å². The molecular weight excluding hydrogens is 244 g/mol.